The van der Waals surface area contributed by atoms with E-state index < -0.39 is 5.97 Å². The van der Waals surface area contributed by atoms with Crippen LogP contribution in [-0.2, 0) is 14.3 Å². The molecule has 0 aromatic heterocycles. The summed E-state index contributed by atoms with van der Waals surface area (Å²) in [7, 11) is 0. The van der Waals surface area contributed by atoms with Gasteiger partial charge in [0, 0.05) is 12.0 Å². The van der Waals surface area contributed by atoms with Gasteiger partial charge in [-0.3, -0.25) is 9.59 Å². The summed E-state index contributed by atoms with van der Waals surface area (Å²) in [6.07, 6.45) is 1.62. The van der Waals surface area contributed by atoms with Crippen LogP contribution in [0.2, 0.25) is 0 Å². The summed E-state index contributed by atoms with van der Waals surface area (Å²) in [6.45, 7) is 8.26. The molecular formula is C14H26N2O3. The van der Waals surface area contributed by atoms with Gasteiger partial charge in [-0.15, -0.1) is 0 Å². The molecule has 3 unspecified atom stereocenters. The molecule has 1 fully saturated rings. The summed E-state index contributed by atoms with van der Waals surface area (Å²) in [5.74, 6) is -0.290. The van der Waals surface area contributed by atoms with Gasteiger partial charge in [-0.25, -0.2) is 0 Å². The summed E-state index contributed by atoms with van der Waals surface area (Å²) >= 11 is 0. The summed E-state index contributed by atoms with van der Waals surface area (Å²) in [5.41, 5.74) is 5.92. The van der Waals surface area contributed by atoms with E-state index in [1.807, 2.05) is 0 Å². The minimum absolute atomic E-state index is 0.0559. The number of esters is 1. The van der Waals surface area contributed by atoms with Crippen molar-refractivity contribution in [3.05, 3.63) is 0 Å². The van der Waals surface area contributed by atoms with Crippen LogP contribution in [0, 0.1) is 17.3 Å². The van der Waals surface area contributed by atoms with Crippen LogP contribution in [0.4, 0.5) is 0 Å². The standard InChI is InChI=1S/C14H26N2O3/c1-5-19-12(17)8-16-13(18)10-6-7-11(15)9(2)14(10,3)4/h9-11H,5-8,15H2,1-4H3,(H,16,18). The molecule has 1 rings (SSSR count). The molecule has 0 saturated heterocycles. The van der Waals surface area contributed by atoms with Gasteiger partial charge < -0.3 is 15.8 Å². The zero-order valence-electron chi connectivity index (χ0n) is 12.4. The van der Waals surface area contributed by atoms with Gasteiger partial charge in [0.2, 0.25) is 5.91 Å². The second-order valence-corrected chi connectivity index (χ2v) is 5.93. The smallest absolute Gasteiger partial charge is 0.325 e. The highest BCUT2D eigenvalue weighted by Crippen LogP contribution is 2.44. The molecule has 0 spiro atoms. The molecule has 19 heavy (non-hydrogen) atoms. The largest absolute Gasteiger partial charge is 0.465 e. The predicted molar refractivity (Wildman–Crippen MR) is 73.3 cm³/mol. The Morgan fingerprint density at radius 1 is 1.37 bits per heavy atom. The second-order valence-electron chi connectivity index (χ2n) is 5.93. The van der Waals surface area contributed by atoms with Crippen molar-refractivity contribution in [2.45, 2.75) is 46.6 Å². The lowest BCUT2D eigenvalue weighted by atomic mass is 9.61. The van der Waals surface area contributed by atoms with Crippen molar-refractivity contribution in [3.8, 4) is 0 Å². The normalized spacial score (nSPS) is 29.6. The van der Waals surface area contributed by atoms with Crippen LogP contribution in [0.25, 0.3) is 0 Å². The number of carbonyl (C=O) groups excluding carboxylic acids is 2. The van der Waals surface area contributed by atoms with E-state index in [0.29, 0.717) is 6.61 Å². The Balaban J connectivity index is 2.59. The zero-order chi connectivity index (χ0) is 14.6. The molecule has 0 aromatic rings. The maximum atomic E-state index is 12.2. The first-order valence-corrected chi connectivity index (χ1v) is 6.99. The Bertz CT molecular complexity index is 342. The van der Waals surface area contributed by atoms with Gasteiger partial charge in [0.25, 0.3) is 0 Å². The Morgan fingerprint density at radius 3 is 2.58 bits per heavy atom. The van der Waals surface area contributed by atoms with Crippen LogP contribution in [0.1, 0.15) is 40.5 Å². The highest BCUT2D eigenvalue weighted by Gasteiger charge is 2.44. The number of carbonyl (C=O) groups is 2. The Labute approximate surface area is 115 Å². The van der Waals surface area contributed by atoms with Crippen molar-refractivity contribution < 1.29 is 14.3 Å². The van der Waals surface area contributed by atoms with Gasteiger partial charge in [-0.2, -0.15) is 0 Å². The molecule has 0 aliphatic heterocycles. The molecule has 1 aliphatic rings. The molecule has 110 valence electrons. The van der Waals surface area contributed by atoms with Gasteiger partial charge in [0.15, 0.2) is 0 Å². The predicted octanol–water partition coefficient (Wildman–Crippen LogP) is 1.07. The van der Waals surface area contributed by atoms with Crippen molar-refractivity contribution in [1.29, 1.82) is 0 Å². The number of nitrogens with two attached hydrogens (primary N) is 1. The lowest BCUT2D eigenvalue weighted by molar-refractivity contribution is -0.145. The van der Waals surface area contributed by atoms with Gasteiger partial charge in [-0.05, 0) is 31.1 Å². The molecule has 5 nitrogen and oxygen atoms in total. The lowest BCUT2D eigenvalue weighted by Gasteiger charge is -2.45. The van der Waals surface area contributed by atoms with Crippen molar-refractivity contribution in [1.82, 2.24) is 5.32 Å². The second kappa shape index (κ2) is 6.37. The van der Waals surface area contributed by atoms with Crippen molar-refractivity contribution >= 4 is 11.9 Å². The van der Waals surface area contributed by atoms with E-state index in [-0.39, 0.29) is 35.7 Å². The van der Waals surface area contributed by atoms with Crippen LogP contribution in [-0.4, -0.2) is 31.1 Å². The number of hydrogen-bond donors (Lipinski definition) is 2. The minimum atomic E-state index is -0.394. The molecule has 0 bridgehead atoms. The first-order chi connectivity index (χ1) is 8.80. The fourth-order valence-electron chi connectivity index (χ4n) is 2.81. The third kappa shape index (κ3) is 3.69. The number of ether oxygens (including phenoxy) is 1. The molecule has 1 saturated carbocycles. The SMILES string of the molecule is CCOC(=O)CNC(=O)C1CCC(N)C(C)C1(C)C. The topological polar surface area (TPSA) is 81.4 Å². The summed E-state index contributed by atoms with van der Waals surface area (Å²) in [5, 5.41) is 2.67. The summed E-state index contributed by atoms with van der Waals surface area (Å²) in [6, 6.07) is 0.143. The Hall–Kier alpha value is -1.10. The number of rotatable bonds is 4. The van der Waals surface area contributed by atoms with Crippen molar-refractivity contribution in [3.63, 3.8) is 0 Å². The van der Waals surface area contributed by atoms with E-state index in [2.05, 4.69) is 26.1 Å². The van der Waals surface area contributed by atoms with Crippen LogP contribution in [0.5, 0.6) is 0 Å². The van der Waals surface area contributed by atoms with E-state index >= 15 is 0 Å². The average Bonchev–Trinajstić information content (AvgIpc) is 2.34. The van der Waals surface area contributed by atoms with Crippen LogP contribution >= 0.6 is 0 Å². The molecular weight excluding hydrogens is 244 g/mol. The number of amides is 1. The number of nitrogens with one attached hydrogen (secondary N) is 1. The van der Waals surface area contributed by atoms with Crippen molar-refractivity contribution in [2.75, 3.05) is 13.2 Å². The third-order valence-corrected chi connectivity index (χ3v) is 4.53. The third-order valence-electron chi connectivity index (χ3n) is 4.53. The summed E-state index contributed by atoms with van der Waals surface area (Å²) < 4.78 is 4.80. The van der Waals surface area contributed by atoms with E-state index in [1.165, 1.54) is 0 Å². The zero-order valence-corrected chi connectivity index (χ0v) is 12.4. The minimum Gasteiger partial charge on any atom is -0.465 e. The first-order valence-electron chi connectivity index (χ1n) is 6.99. The Morgan fingerprint density at radius 2 is 2.00 bits per heavy atom. The molecule has 1 aliphatic carbocycles. The molecule has 0 radical (unpaired) electrons. The van der Waals surface area contributed by atoms with Gasteiger partial charge in [-0.1, -0.05) is 20.8 Å². The van der Waals surface area contributed by atoms with Crippen LogP contribution < -0.4 is 11.1 Å². The van der Waals surface area contributed by atoms with Crippen LogP contribution in [0.3, 0.4) is 0 Å². The van der Waals surface area contributed by atoms with E-state index in [4.69, 9.17) is 10.5 Å². The first kappa shape index (κ1) is 16.0. The van der Waals surface area contributed by atoms with Gasteiger partial charge in [0.05, 0.1) is 6.61 Å². The van der Waals surface area contributed by atoms with Gasteiger partial charge in [0.1, 0.15) is 6.54 Å². The fourth-order valence-corrected chi connectivity index (χ4v) is 2.81. The highest BCUT2D eigenvalue weighted by atomic mass is 16.5. The monoisotopic (exact) mass is 270 g/mol. The lowest BCUT2D eigenvalue weighted by Crippen LogP contribution is -2.52. The molecule has 0 heterocycles. The van der Waals surface area contributed by atoms with Gasteiger partial charge >= 0.3 is 5.97 Å². The highest BCUT2D eigenvalue weighted by molar-refractivity contribution is 5.84. The van der Waals surface area contributed by atoms with E-state index in [1.54, 1.807) is 6.92 Å². The van der Waals surface area contributed by atoms with Crippen LogP contribution in [0.15, 0.2) is 0 Å². The molecule has 5 heteroatoms. The van der Waals surface area contributed by atoms with E-state index in [0.717, 1.165) is 12.8 Å². The average molecular weight is 270 g/mol. The Kier molecular flexibility index (Phi) is 5.35. The maximum absolute atomic E-state index is 12.2. The maximum Gasteiger partial charge on any atom is 0.325 e. The quantitative estimate of drug-likeness (QED) is 0.749. The molecule has 0 aromatic carbocycles. The van der Waals surface area contributed by atoms with Crippen molar-refractivity contribution in [2.24, 2.45) is 23.0 Å². The van der Waals surface area contributed by atoms with E-state index in [9.17, 15) is 9.59 Å². The fraction of sp³-hybridized carbons (Fsp3) is 0.857. The molecule has 3 N–H and O–H groups in total. The number of hydrogen-bond acceptors (Lipinski definition) is 4. The molecule has 3 atom stereocenters. The molecule has 1 amide bonds. The summed E-state index contributed by atoms with van der Waals surface area (Å²) in [4.78, 5) is 23.5.